The molecule has 4 heteroatoms. The van der Waals surface area contributed by atoms with Crippen LogP contribution in [-0.2, 0) is 6.54 Å². The molecule has 1 aromatic rings. The second kappa shape index (κ2) is 5.19. The van der Waals surface area contributed by atoms with E-state index in [1.165, 1.54) is 5.69 Å². The fourth-order valence-corrected chi connectivity index (χ4v) is 2.72. The van der Waals surface area contributed by atoms with Crippen LogP contribution in [0.3, 0.4) is 0 Å². The van der Waals surface area contributed by atoms with Crippen molar-refractivity contribution in [1.29, 1.82) is 0 Å². The van der Waals surface area contributed by atoms with Crippen molar-refractivity contribution in [3.8, 4) is 0 Å². The van der Waals surface area contributed by atoms with E-state index in [-0.39, 0.29) is 0 Å². The van der Waals surface area contributed by atoms with Gasteiger partial charge in [0, 0.05) is 44.0 Å². The maximum absolute atomic E-state index is 4.27. The fraction of sp³-hybridized carbons (Fsp3) is 0.769. The number of aromatic nitrogens is 2. The quantitative estimate of drug-likeness (QED) is 0.866. The van der Waals surface area contributed by atoms with Gasteiger partial charge in [0.2, 0.25) is 0 Å². The van der Waals surface area contributed by atoms with Crippen molar-refractivity contribution in [2.24, 2.45) is 0 Å². The van der Waals surface area contributed by atoms with Gasteiger partial charge in [-0.15, -0.1) is 0 Å². The zero-order valence-corrected chi connectivity index (χ0v) is 11.3. The van der Waals surface area contributed by atoms with Gasteiger partial charge in [-0.3, -0.25) is 4.90 Å². The number of hydrogen-bond donors (Lipinski definition) is 1. The topological polar surface area (TPSA) is 33.1 Å². The summed E-state index contributed by atoms with van der Waals surface area (Å²) in [5.41, 5.74) is 1.32. The highest BCUT2D eigenvalue weighted by molar-refractivity contribution is 5.00. The Kier molecular flexibility index (Phi) is 3.84. The molecule has 0 aromatic carbocycles. The van der Waals surface area contributed by atoms with Crippen LogP contribution in [0.4, 0.5) is 0 Å². The van der Waals surface area contributed by atoms with Crippen molar-refractivity contribution >= 4 is 0 Å². The molecule has 1 fully saturated rings. The zero-order valence-electron chi connectivity index (χ0n) is 11.3. The summed E-state index contributed by atoms with van der Waals surface area (Å²) in [5.74, 6) is 0. The molecular formula is C13H24N4. The largest absolute Gasteiger partial charge is 0.331 e. The zero-order chi connectivity index (χ0) is 12.4. The third kappa shape index (κ3) is 3.07. The van der Waals surface area contributed by atoms with Crippen LogP contribution in [0.5, 0.6) is 0 Å². The molecule has 1 aliphatic rings. The van der Waals surface area contributed by atoms with Crippen molar-refractivity contribution < 1.29 is 0 Å². The molecule has 0 bridgehead atoms. The first-order chi connectivity index (χ1) is 8.06. The molecule has 1 saturated heterocycles. The monoisotopic (exact) mass is 236 g/mol. The molecule has 96 valence electrons. The van der Waals surface area contributed by atoms with Crippen LogP contribution in [0.2, 0.25) is 0 Å². The Morgan fingerprint density at radius 3 is 2.59 bits per heavy atom. The maximum atomic E-state index is 4.27. The summed E-state index contributed by atoms with van der Waals surface area (Å²) in [6, 6.07) is 1.65. The van der Waals surface area contributed by atoms with E-state index in [9.17, 15) is 0 Å². The van der Waals surface area contributed by atoms with Gasteiger partial charge in [0.15, 0.2) is 0 Å². The molecule has 0 radical (unpaired) electrons. The Labute approximate surface area is 104 Å². The minimum absolute atomic E-state index is 0.491. The first kappa shape index (κ1) is 12.6. The number of hydrogen-bond acceptors (Lipinski definition) is 3. The van der Waals surface area contributed by atoms with Crippen LogP contribution in [0.15, 0.2) is 12.5 Å². The van der Waals surface area contributed by atoms with Gasteiger partial charge in [-0.1, -0.05) is 0 Å². The minimum Gasteiger partial charge on any atom is -0.331 e. The standard InChI is InChI=1S/C13H24N4/c1-10(2)17-9-14-5-13(17)8-16-6-11(3)15-12(4)7-16/h5,9-12,15H,6-8H2,1-4H3. The molecule has 0 spiro atoms. The Balaban J connectivity index is 2.02. The highest BCUT2D eigenvalue weighted by Gasteiger charge is 2.21. The van der Waals surface area contributed by atoms with Crippen molar-refractivity contribution in [3.63, 3.8) is 0 Å². The molecule has 4 nitrogen and oxygen atoms in total. The lowest BCUT2D eigenvalue weighted by atomic mass is 10.1. The summed E-state index contributed by atoms with van der Waals surface area (Å²) in [7, 11) is 0. The normalized spacial score (nSPS) is 26.6. The van der Waals surface area contributed by atoms with Gasteiger partial charge in [0.1, 0.15) is 0 Å². The van der Waals surface area contributed by atoms with E-state index in [2.05, 4.69) is 47.5 Å². The van der Waals surface area contributed by atoms with Crippen LogP contribution >= 0.6 is 0 Å². The Morgan fingerprint density at radius 2 is 2.00 bits per heavy atom. The van der Waals surface area contributed by atoms with Crippen molar-refractivity contribution in [2.75, 3.05) is 13.1 Å². The molecule has 2 atom stereocenters. The number of rotatable bonds is 3. The Hall–Kier alpha value is -0.870. The third-order valence-corrected chi connectivity index (χ3v) is 3.32. The van der Waals surface area contributed by atoms with Gasteiger partial charge in [0.05, 0.1) is 12.0 Å². The number of imidazole rings is 1. The smallest absolute Gasteiger partial charge is 0.0951 e. The lowest BCUT2D eigenvalue weighted by molar-refractivity contribution is 0.163. The van der Waals surface area contributed by atoms with E-state index in [1.807, 2.05) is 12.5 Å². The van der Waals surface area contributed by atoms with E-state index in [1.54, 1.807) is 0 Å². The summed E-state index contributed by atoms with van der Waals surface area (Å²) in [6.45, 7) is 12.2. The van der Waals surface area contributed by atoms with E-state index in [4.69, 9.17) is 0 Å². The fourth-order valence-electron chi connectivity index (χ4n) is 2.72. The van der Waals surface area contributed by atoms with Crippen LogP contribution in [0, 0.1) is 0 Å². The second-order valence-corrected chi connectivity index (χ2v) is 5.55. The first-order valence-electron chi connectivity index (χ1n) is 6.55. The van der Waals surface area contributed by atoms with Crippen molar-refractivity contribution in [3.05, 3.63) is 18.2 Å². The molecule has 2 unspecified atom stereocenters. The molecule has 0 aliphatic carbocycles. The van der Waals surface area contributed by atoms with Gasteiger partial charge in [-0.05, 0) is 27.7 Å². The lowest BCUT2D eigenvalue weighted by Crippen LogP contribution is -2.53. The molecular weight excluding hydrogens is 212 g/mol. The molecule has 1 aliphatic heterocycles. The van der Waals surface area contributed by atoms with Gasteiger partial charge >= 0.3 is 0 Å². The summed E-state index contributed by atoms with van der Waals surface area (Å²) in [6.07, 6.45) is 3.94. The average molecular weight is 236 g/mol. The highest BCUT2D eigenvalue weighted by Crippen LogP contribution is 2.13. The highest BCUT2D eigenvalue weighted by atomic mass is 15.2. The van der Waals surface area contributed by atoms with Gasteiger partial charge in [-0.25, -0.2) is 4.98 Å². The number of nitrogens with zero attached hydrogens (tertiary/aromatic N) is 3. The SMILES string of the molecule is CC1CN(Cc2cncn2C(C)C)CC(C)N1. The molecule has 2 heterocycles. The summed E-state index contributed by atoms with van der Waals surface area (Å²) >= 11 is 0. The van der Waals surface area contributed by atoms with E-state index < -0.39 is 0 Å². The van der Waals surface area contributed by atoms with E-state index in [0.717, 1.165) is 19.6 Å². The van der Waals surface area contributed by atoms with Gasteiger partial charge in [-0.2, -0.15) is 0 Å². The third-order valence-electron chi connectivity index (χ3n) is 3.32. The van der Waals surface area contributed by atoms with Gasteiger partial charge < -0.3 is 9.88 Å². The Morgan fingerprint density at radius 1 is 1.35 bits per heavy atom. The van der Waals surface area contributed by atoms with Crippen molar-refractivity contribution in [1.82, 2.24) is 19.8 Å². The van der Waals surface area contributed by atoms with Gasteiger partial charge in [0.25, 0.3) is 0 Å². The number of nitrogens with one attached hydrogen (secondary N) is 1. The molecule has 1 N–H and O–H groups in total. The molecule has 0 saturated carbocycles. The van der Waals surface area contributed by atoms with Crippen LogP contribution < -0.4 is 5.32 Å². The number of piperazine rings is 1. The van der Waals surface area contributed by atoms with E-state index in [0.29, 0.717) is 18.1 Å². The molecule has 17 heavy (non-hydrogen) atoms. The van der Waals surface area contributed by atoms with E-state index >= 15 is 0 Å². The lowest BCUT2D eigenvalue weighted by Gasteiger charge is -2.36. The summed E-state index contributed by atoms with van der Waals surface area (Å²) in [5, 5.41) is 3.56. The first-order valence-corrected chi connectivity index (χ1v) is 6.55. The molecule has 0 amide bonds. The maximum Gasteiger partial charge on any atom is 0.0951 e. The van der Waals surface area contributed by atoms with Crippen LogP contribution in [0.1, 0.15) is 39.4 Å². The average Bonchev–Trinajstić information content (AvgIpc) is 2.63. The predicted molar refractivity (Wildman–Crippen MR) is 69.9 cm³/mol. The minimum atomic E-state index is 0.491. The van der Waals surface area contributed by atoms with Crippen molar-refractivity contribution in [2.45, 2.75) is 52.4 Å². The summed E-state index contributed by atoms with van der Waals surface area (Å²) in [4.78, 5) is 6.78. The Bertz CT molecular complexity index is 348. The van der Waals surface area contributed by atoms with Crippen LogP contribution in [-0.4, -0.2) is 39.6 Å². The van der Waals surface area contributed by atoms with Crippen LogP contribution in [0.25, 0.3) is 0 Å². The molecule has 2 rings (SSSR count). The summed E-state index contributed by atoms with van der Waals surface area (Å²) < 4.78 is 2.26. The predicted octanol–water partition coefficient (Wildman–Crippen LogP) is 1.65. The molecule has 1 aromatic heterocycles. The second-order valence-electron chi connectivity index (χ2n) is 5.55.